The van der Waals surface area contributed by atoms with E-state index < -0.39 is 0 Å². The molecular formula is C13H7Cl2NO. The monoisotopic (exact) mass is 263 g/mol. The Morgan fingerprint density at radius 3 is 2.06 bits per heavy atom. The first-order valence-electron chi connectivity index (χ1n) is 4.80. The van der Waals surface area contributed by atoms with Crippen LogP contribution in [-0.2, 0) is 0 Å². The highest BCUT2D eigenvalue weighted by molar-refractivity contribution is 6.32. The van der Waals surface area contributed by atoms with Crippen LogP contribution in [0.3, 0.4) is 0 Å². The summed E-state index contributed by atoms with van der Waals surface area (Å²) >= 11 is 11.8. The van der Waals surface area contributed by atoms with Crippen LogP contribution in [0.25, 0.3) is 11.1 Å². The van der Waals surface area contributed by atoms with Gasteiger partial charge < -0.3 is 5.11 Å². The molecule has 0 bridgehead atoms. The first-order valence-corrected chi connectivity index (χ1v) is 5.56. The summed E-state index contributed by atoms with van der Waals surface area (Å²) in [6, 6.07) is 12.0. The van der Waals surface area contributed by atoms with Gasteiger partial charge in [0.05, 0.1) is 15.6 Å². The summed E-state index contributed by atoms with van der Waals surface area (Å²) in [7, 11) is 0. The maximum atomic E-state index is 9.33. The van der Waals surface area contributed by atoms with Gasteiger partial charge in [-0.1, -0.05) is 35.3 Å². The van der Waals surface area contributed by atoms with E-state index in [2.05, 4.69) is 0 Å². The van der Waals surface area contributed by atoms with Crippen LogP contribution in [0.15, 0.2) is 36.4 Å². The highest BCUT2D eigenvalue weighted by atomic mass is 35.5. The number of nitriles is 1. The molecule has 4 heteroatoms. The summed E-state index contributed by atoms with van der Waals surface area (Å²) in [6.07, 6.45) is 0. The SMILES string of the molecule is N#Cc1ccc(-c2ccc(O)c(Cl)c2)cc1Cl. The van der Waals surface area contributed by atoms with Crippen LogP contribution >= 0.6 is 23.2 Å². The topological polar surface area (TPSA) is 44.0 Å². The number of nitrogens with zero attached hydrogens (tertiary/aromatic N) is 1. The predicted octanol–water partition coefficient (Wildman–Crippen LogP) is 4.24. The van der Waals surface area contributed by atoms with Crippen LogP contribution in [0.4, 0.5) is 0 Å². The molecule has 84 valence electrons. The van der Waals surface area contributed by atoms with E-state index in [-0.39, 0.29) is 10.8 Å². The molecule has 0 unspecified atom stereocenters. The van der Waals surface area contributed by atoms with Gasteiger partial charge in [-0.2, -0.15) is 5.26 Å². The van der Waals surface area contributed by atoms with Gasteiger partial charge in [-0.25, -0.2) is 0 Å². The highest BCUT2D eigenvalue weighted by Crippen LogP contribution is 2.31. The number of aromatic hydroxyl groups is 1. The second-order valence-corrected chi connectivity index (χ2v) is 4.29. The molecule has 2 aromatic carbocycles. The van der Waals surface area contributed by atoms with Crippen molar-refractivity contribution in [3.63, 3.8) is 0 Å². The van der Waals surface area contributed by atoms with E-state index in [1.807, 2.05) is 6.07 Å². The molecule has 17 heavy (non-hydrogen) atoms. The first-order chi connectivity index (χ1) is 8.11. The molecule has 2 nitrogen and oxygen atoms in total. The van der Waals surface area contributed by atoms with Gasteiger partial charge in [0.15, 0.2) is 0 Å². The first kappa shape index (κ1) is 11.8. The zero-order valence-electron chi connectivity index (χ0n) is 8.61. The fourth-order valence-electron chi connectivity index (χ4n) is 1.47. The lowest BCUT2D eigenvalue weighted by molar-refractivity contribution is 0.475. The van der Waals surface area contributed by atoms with Crippen molar-refractivity contribution >= 4 is 23.2 Å². The third-order valence-corrected chi connectivity index (χ3v) is 2.99. The Bertz CT molecular complexity index is 617. The Balaban J connectivity index is 2.50. The molecule has 2 aromatic rings. The lowest BCUT2D eigenvalue weighted by atomic mass is 10.0. The molecule has 0 aliphatic heterocycles. The second kappa shape index (κ2) is 4.67. The molecule has 0 spiro atoms. The average Bonchev–Trinajstić information content (AvgIpc) is 2.32. The Labute approximate surface area is 109 Å². The molecule has 0 fully saturated rings. The van der Waals surface area contributed by atoms with E-state index >= 15 is 0 Å². The van der Waals surface area contributed by atoms with Gasteiger partial charge >= 0.3 is 0 Å². The normalized spacial score (nSPS) is 9.94. The van der Waals surface area contributed by atoms with Gasteiger partial charge in [-0.15, -0.1) is 0 Å². The number of rotatable bonds is 1. The predicted molar refractivity (Wildman–Crippen MR) is 68.3 cm³/mol. The van der Waals surface area contributed by atoms with Gasteiger partial charge in [0.2, 0.25) is 0 Å². The summed E-state index contributed by atoms with van der Waals surface area (Å²) < 4.78 is 0. The summed E-state index contributed by atoms with van der Waals surface area (Å²) in [5.41, 5.74) is 2.11. The Kier molecular flexibility index (Phi) is 3.23. The minimum absolute atomic E-state index is 0.0372. The smallest absolute Gasteiger partial charge is 0.134 e. The zero-order chi connectivity index (χ0) is 12.4. The van der Waals surface area contributed by atoms with Crippen molar-refractivity contribution in [2.24, 2.45) is 0 Å². The molecule has 0 aromatic heterocycles. The summed E-state index contributed by atoms with van der Waals surface area (Å²) in [5.74, 6) is 0.0372. The van der Waals surface area contributed by atoms with E-state index in [1.165, 1.54) is 6.07 Å². The lowest BCUT2D eigenvalue weighted by Crippen LogP contribution is -1.82. The molecule has 0 saturated carbocycles. The molecule has 1 N–H and O–H groups in total. The highest BCUT2D eigenvalue weighted by Gasteiger charge is 2.05. The number of phenols is 1. The molecule has 0 aliphatic carbocycles. The largest absolute Gasteiger partial charge is 0.506 e. The Hall–Kier alpha value is -1.69. The quantitative estimate of drug-likeness (QED) is 0.837. The minimum atomic E-state index is 0.0372. The van der Waals surface area contributed by atoms with Crippen LogP contribution < -0.4 is 0 Å². The van der Waals surface area contributed by atoms with E-state index in [0.29, 0.717) is 10.6 Å². The summed E-state index contributed by atoms with van der Waals surface area (Å²) in [5, 5.41) is 18.8. The van der Waals surface area contributed by atoms with Crippen LogP contribution in [0, 0.1) is 11.3 Å². The Morgan fingerprint density at radius 2 is 1.53 bits per heavy atom. The molecule has 2 rings (SSSR count). The van der Waals surface area contributed by atoms with Gasteiger partial charge in [-0.05, 0) is 35.4 Å². The number of phenolic OH excluding ortho intramolecular Hbond substituents is 1. The maximum Gasteiger partial charge on any atom is 0.134 e. The van der Waals surface area contributed by atoms with Gasteiger partial charge in [0.25, 0.3) is 0 Å². The standard InChI is InChI=1S/C13H7Cl2NO/c14-11-5-8(1-2-10(11)7-16)9-3-4-13(17)12(15)6-9/h1-6,17H. The third-order valence-electron chi connectivity index (χ3n) is 2.37. The summed E-state index contributed by atoms with van der Waals surface area (Å²) in [6.45, 7) is 0. The maximum absolute atomic E-state index is 9.33. The fraction of sp³-hybridized carbons (Fsp3) is 0. The minimum Gasteiger partial charge on any atom is -0.506 e. The van der Waals surface area contributed by atoms with Crippen molar-refractivity contribution in [2.45, 2.75) is 0 Å². The second-order valence-electron chi connectivity index (χ2n) is 3.47. The van der Waals surface area contributed by atoms with Gasteiger partial charge in [-0.3, -0.25) is 0 Å². The van der Waals surface area contributed by atoms with E-state index in [1.54, 1.807) is 30.3 Å². The molecule has 0 saturated heterocycles. The van der Waals surface area contributed by atoms with Crippen molar-refractivity contribution in [2.75, 3.05) is 0 Å². The van der Waals surface area contributed by atoms with Crippen molar-refractivity contribution in [1.82, 2.24) is 0 Å². The molecule has 0 amide bonds. The summed E-state index contributed by atoms with van der Waals surface area (Å²) in [4.78, 5) is 0. The average molecular weight is 264 g/mol. The van der Waals surface area contributed by atoms with E-state index in [0.717, 1.165) is 11.1 Å². The fourth-order valence-corrected chi connectivity index (χ4v) is 1.88. The zero-order valence-corrected chi connectivity index (χ0v) is 10.1. The lowest BCUT2D eigenvalue weighted by Gasteiger charge is -2.05. The Morgan fingerprint density at radius 1 is 0.941 bits per heavy atom. The molecular weight excluding hydrogens is 257 g/mol. The van der Waals surface area contributed by atoms with Gasteiger partial charge in [0, 0.05) is 0 Å². The van der Waals surface area contributed by atoms with Crippen LogP contribution in [0.2, 0.25) is 10.0 Å². The number of hydrogen-bond acceptors (Lipinski definition) is 2. The molecule has 0 aliphatic rings. The van der Waals surface area contributed by atoms with E-state index in [4.69, 9.17) is 28.5 Å². The van der Waals surface area contributed by atoms with Crippen molar-refractivity contribution in [3.05, 3.63) is 52.0 Å². The van der Waals surface area contributed by atoms with Crippen molar-refractivity contribution < 1.29 is 5.11 Å². The third kappa shape index (κ3) is 2.36. The molecule has 0 radical (unpaired) electrons. The number of hydrogen-bond donors (Lipinski definition) is 1. The van der Waals surface area contributed by atoms with Crippen LogP contribution in [0.1, 0.15) is 5.56 Å². The van der Waals surface area contributed by atoms with E-state index in [9.17, 15) is 5.11 Å². The number of benzene rings is 2. The van der Waals surface area contributed by atoms with Crippen LogP contribution in [-0.4, -0.2) is 5.11 Å². The molecule has 0 atom stereocenters. The van der Waals surface area contributed by atoms with Crippen molar-refractivity contribution in [1.29, 1.82) is 5.26 Å². The molecule has 0 heterocycles. The van der Waals surface area contributed by atoms with Gasteiger partial charge in [0.1, 0.15) is 11.8 Å². The van der Waals surface area contributed by atoms with Crippen molar-refractivity contribution in [3.8, 4) is 22.9 Å². The van der Waals surface area contributed by atoms with Crippen LogP contribution in [0.5, 0.6) is 5.75 Å². The number of halogens is 2.